The molecular formula is C12H16O2. The largest absolute Gasteiger partial charge is 0.504 e. The fourth-order valence-electron chi connectivity index (χ4n) is 2.21. The number of benzene rings is 1. The van der Waals surface area contributed by atoms with Crippen LogP contribution in [-0.2, 0) is 12.8 Å². The van der Waals surface area contributed by atoms with Crippen LogP contribution in [0.1, 0.15) is 30.9 Å². The second kappa shape index (κ2) is 3.52. The van der Waals surface area contributed by atoms with Crippen molar-refractivity contribution in [1.29, 1.82) is 0 Å². The summed E-state index contributed by atoms with van der Waals surface area (Å²) in [6.45, 7) is 2.20. The molecule has 1 aliphatic rings. The van der Waals surface area contributed by atoms with Crippen molar-refractivity contribution >= 4 is 0 Å². The van der Waals surface area contributed by atoms with Gasteiger partial charge in [0.25, 0.3) is 0 Å². The molecule has 14 heavy (non-hydrogen) atoms. The van der Waals surface area contributed by atoms with Gasteiger partial charge in [0, 0.05) is 0 Å². The van der Waals surface area contributed by atoms with Crippen LogP contribution in [0.15, 0.2) is 12.1 Å². The molecule has 2 N–H and O–H groups in total. The Balaban J connectivity index is 2.33. The molecule has 0 bridgehead atoms. The van der Waals surface area contributed by atoms with Crippen LogP contribution in [0.2, 0.25) is 0 Å². The van der Waals surface area contributed by atoms with Gasteiger partial charge < -0.3 is 10.2 Å². The number of phenols is 2. The maximum Gasteiger partial charge on any atom is 0.157 e. The smallest absolute Gasteiger partial charge is 0.157 e. The van der Waals surface area contributed by atoms with Gasteiger partial charge in [0.05, 0.1) is 0 Å². The first-order valence-electron chi connectivity index (χ1n) is 5.24. The molecule has 2 nitrogen and oxygen atoms in total. The Kier molecular flexibility index (Phi) is 2.36. The molecule has 2 rings (SSSR count). The van der Waals surface area contributed by atoms with E-state index in [9.17, 15) is 10.2 Å². The van der Waals surface area contributed by atoms with Gasteiger partial charge in [-0.1, -0.05) is 13.3 Å². The molecule has 0 saturated heterocycles. The molecule has 1 aromatic carbocycles. The first-order valence-corrected chi connectivity index (χ1v) is 5.24. The monoisotopic (exact) mass is 192 g/mol. The Morgan fingerprint density at radius 1 is 1.21 bits per heavy atom. The minimum Gasteiger partial charge on any atom is -0.504 e. The minimum absolute atomic E-state index is 0.0127. The third-order valence-corrected chi connectivity index (χ3v) is 3.20. The molecule has 0 aromatic heterocycles. The summed E-state index contributed by atoms with van der Waals surface area (Å²) in [5, 5.41) is 18.7. The highest BCUT2D eigenvalue weighted by Crippen LogP contribution is 2.34. The molecule has 0 aliphatic heterocycles. The number of hydrogen-bond donors (Lipinski definition) is 2. The zero-order valence-corrected chi connectivity index (χ0v) is 8.45. The van der Waals surface area contributed by atoms with E-state index < -0.39 is 0 Å². The number of aryl methyl sites for hydroxylation is 1. The van der Waals surface area contributed by atoms with E-state index in [1.165, 1.54) is 24.0 Å². The third kappa shape index (κ3) is 1.57. The van der Waals surface area contributed by atoms with E-state index in [-0.39, 0.29) is 11.5 Å². The molecule has 1 unspecified atom stereocenters. The zero-order valence-electron chi connectivity index (χ0n) is 8.45. The number of phenolic OH excluding ortho intramolecular Hbond substituents is 2. The summed E-state index contributed by atoms with van der Waals surface area (Å²) in [5.41, 5.74) is 2.41. The van der Waals surface area contributed by atoms with Crippen LogP contribution < -0.4 is 0 Å². The number of aromatic hydroxyl groups is 2. The summed E-state index contributed by atoms with van der Waals surface area (Å²) < 4.78 is 0. The molecule has 0 amide bonds. The second-order valence-corrected chi connectivity index (χ2v) is 4.13. The maximum absolute atomic E-state index is 9.38. The third-order valence-electron chi connectivity index (χ3n) is 3.20. The van der Waals surface area contributed by atoms with Crippen molar-refractivity contribution in [3.8, 4) is 11.5 Å². The Morgan fingerprint density at radius 2 is 1.86 bits per heavy atom. The van der Waals surface area contributed by atoms with Gasteiger partial charge in [0.1, 0.15) is 0 Å². The zero-order chi connectivity index (χ0) is 10.1. The lowest BCUT2D eigenvalue weighted by Crippen LogP contribution is -2.13. The highest BCUT2D eigenvalue weighted by atomic mass is 16.3. The first-order chi connectivity index (χ1) is 6.70. The SMILES string of the molecule is CCC1CCc2cc(O)c(O)cc2C1. The molecule has 76 valence electrons. The topological polar surface area (TPSA) is 40.5 Å². The predicted molar refractivity (Wildman–Crippen MR) is 55.6 cm³/mol. The van der Waals surface area contributed by atoms with Gasteiger partial charge >= 0.3 is 0 Å². The Morgan fingerprint density at radius 3 is 2.50 bits per heavy atom. The summed E-state index contributed by atoms with van der Waals surface area (Å²) in [6, 6.07) is 3.42. The van der Waals surface area contributed by atoms with Crippen molar-refractivity contribution in [2.24, 2.45) is 5.92 Å². The molecule has 0 saturated carbocycles. The molecule has 0 fully saturated rings. The maximum atomic E-state index is 9.38. The van der Waals surface area contributed by atoms with E-state index in [0.29, 0.717) is 0 Å². The van der Waals surface area contributed by atoms with Crippen molar-refractivity contribution in [1.82, 2.24) is 0 Å². The molecule has 2 heteroatoms. The quantitative estimate of drug-likeness (QED) is 0.671. The van der Waals surface area contributed by atoms with Crippen LogP contribution in [-0.4, -0.2) is 10.2 Å². The Bertz CT molecular complexity index is 344. The highest BCUT2D eigenvalue weighted by molar-refractivity contribution is 5.46. The van der Waals surface area contributed by atoms with Crippen molar-refractivity contribution in [2.45, 2.75) is 32.6 Å². The molecule has 0 heterocycles. The standard InChI is InChI=1S/C12H16O2/c1-2-8-3-4-9-6-11(13)12(14)7-10(9)5-8/h6-8,13-14H,2-5H2,1H3. The fourth-order valence-corrected chi connectivity index (χ4v) is 2.21. The molecular weight excluding hydrogens is 176 g/mol. The molecule has 1 atom stereocenters. The van der Waals surface area contributed by atoms with Crippen molar-refractivity contribution < 1.29 is 10.2 Å². The van der Waals surface area contributed by atoms with Crippen LogP contribution in [0, 0.1) is 5.92 Å². The van der Waals surface area contributed by atoms with E-state index in [1.807, 2.05) is 0 Å². The van der Waals surface area contributed by atoms with Gasteiger partial charge in [-0.25, -0.2) is 0 Å². The van der Waals surface area contributed by atoms with E-state index in [4.69, 9.17) is 0 Å². The van der Waals surface area contributed by atoms with Gasteiger partial charge in [-0.15, -0.1) is 0 Å². The van der Waals surface area contributed by atoms with E-state index >= 15 is 0 Å². The number of rotatable bonds is 1. The summed E-state index contributed by atoms with van der Waals surface area (Å²) in [6.07, 6.45) is 4.47. The van der Waals surface area contributed by atoms with Crippen molar-refractivity contribution in [2.75, 3.05) is 0 Å². The van der Waals surface area contributed by atoms with Gasteiger partial charge in [-0.05, 0) is 48.4 Å². The Hall–Kier alpha value is -1.18. The van der Waals surface area contributed by atoms with Crippen LogP contribution in [0.4, 0.5) is 0 Å². The summed E-state index contributed by atoms with van der Waals surface area (Å²) in [4.78, 5) is 0. The summed E-state index contributed by atoms with van der Waals surface area (Å²) in [7, 11) is 0. The first kappa shape index (κ1) is 9.38. The van der Waals surface area contributed by atoms with E-state index in [1.54, 1.807) is 12.1 Å². The lowest BCUT2D eigenvalue weighted by molar-refractivity contribution is 0.396. The molecule has 1 aliphatic carbocycles. The van der Waals surface area contributed by atoms with Gasteiger partial charge in [-0.2, -0.15) is 0 Å². The average Bonchev–Trinajstić information content (AvgIpc) is 2.19. The van der Waals surface area contributed by atoms with Crippen LogP contribution >= 0.6 is 0 Å². The number of hydrogen-bond acceptors (Lipinski definition) is 2. The molecule has 1 aromatic rings. The lowest BCUT2D eigenvalue weighted by Gasteiger charge is -2.23. The highest BCUT2D eigenvalue weighted by Gasteiger charge is 2.18. The van der Waals surface area contributed by atoms with Crippen LogP contribution in [0.25, 0.3) is 0 Å². The van der Waals surface area contributed by atoms with E-state index in [0.717, 1.165) is 18.8 Å². The average molecular weight is 192 g/mol. The van der Waals surface area contributed by atoms with E-state index in [2.05, 4.69) is 6.92 Å². The van der Waals surface area contributed by atoms with Gasteiger partial charge in [-0.3, -0.25) is 0 Å². The Labute approximate surface area is 84.2 Å². The summed E-state index contributed by atoms with van der Waals surface area (Å²) >= 11 is 0. The fraction of sp³-hybridized carbons (Fsp3) is 0.500. The van der Waals surface area contributed by atoms with Crippen molar-refractivity contribution in [3.05, 3.63) is 23.3 Å². The second-order valence-electron chi connectivity index (χ2n) is 4.13. The van der Waals surface area contributed by atoms with Gasteiger partial charge in [0.2, 0.25) is 0 Å². The van der Waals surface area contributed by atoms with Crippen LogP contribution in [0.3, 0.4) is 0 Å². The van der Waals surface area contributed by atoms with Crippen LogP contribution in [0.5, 0.6) is 11.5 Å². The number of fused-ring (bicyclic) bond motifs is 1. The van der Waals surface area contributed by atoms with Crippen molar-refractivity contribution in [3.63, 3.8) is 0 Å². The van der Waals surface area contributed by atoms with Gasteiger partial charge in [0.15, 0.2) is 11.5 Å². The molecule has 0 spiro atoms. The normalized spacial score (nSPS) is 20.5. The summed E-state index contributed by atoms with van der Waals surface area (Å²) in [5.74, 6) is 0.769. The molecule has 0 radical (unpaired) electrons. The predicted octanol–water partition coefficient (Wildman–Crippen LogP) is 2.61. The minimum atomic E-state index is 0.0127. The lowest BCUT2D eigenvalue weighted by atomic mass is 9.82.